The summed E-state index contributed by atoms with van der Waals surface area (Å²) in [6.45, 7) is 5.62. The van der Waals surface area contributed by atoms with E-state index in [1.165, 1.54) is 0 Å². The minimum atomic E-state index is -0.151. The number of hydrogen-bond acceptors (Lipinski definition) is 5. The Morgan fingerprint density at radius 3 is 2.59 bits per heavy atom. The van der Waals surface area contributed by atoms with Crippen LogP contribution in [0.1, 0.15) is 26.2 Å². The second-order valence-corrected chi connectivity index (χ2v) is 8.29. The molecule has 176 valence electrons. The quantitative estimate of drug-likeness (QED) is 0.372. The van der Waals surface area contributed by atoms with E-state index in [0.29, 0.717) is 48.5 Å². The molecule has 0 aliphatic heterocycles. The number of rotatable bonds is 9. The first-order chi connectivity index (χ1) is 16.5. The summed E-state index contributed by atoms with van der Waals surface area (Å²) in [4.78, 5) is 31.0. The maximum Gasteiger partial charge on any atom is 0.242 e. The molecule has 0 bridgehead atoms. The monoisotopic (exact) mass is 479 g/mol. The predicted molar refractivity (Wildman–Crippen MR) is 132 cm³/mol. The first kappa shape index (κ1) is 23.5. The molecule has 0 atom stereocenters. The van der Waals surface area contributed by atoms with Crippen LogP contribution in [0.5, 0.6) is 0 Å². The van der Waals surface area contributed by atoms with Crippen molar-refractivity contribution < 1.29 is 14.1 Å². The third-order valence-corrected chi connectivity index (χ3v) is 5.86. The maximum atomic E-state index is 12.5. The van der Waals surface area contributed by atoms with Crippen molar-refractivity contribution in [1.29, 1.82) is 0 Å². The predicted octanol–water partition coefficient (Wildman–Crippen LogP) is 4.78. The van der Waals surface area contributed by atoms with Crippen molar-refractivity contribution >= 4 is 40.0 Å². The number of carbonyl (C=O) groups excluding carboxylic acids is 2. The van der Waals surface area contributed by atoms with Crippen LogP contribution in [0.25, 0.3) is 22.3 Å². The molecular formula is C25H26ClN5O3. The Bertz CT molecular complexity index is 1290. The molecule has 0 unspecified atom stereocenters. The number of carbonyl (C=O) groups is 2. The van der Waals surface area contributed by atoms with E-state index in [4.69, 9.17) is 16.1 Å². The molecule has 0 aliphatic rings. The number of halogens is 1. The van der Waals surface area contributed by atoms with Crippen LogP contribution < -0.4 is 5.32 Å². The van der Waals surface area contributed by atoms with E-state index in [1.54, 1.807) is 12.1 Å². The molecule has 34 heavy (non-hydrogen) atoms. The molecule has 2 amide bonds. The summed E-state index contributed by atoms with van der Waals surface area (Å²) < 4.78 is 7.19. The van der Waals surface area contributed by atoms with E-state index in [-0.39, 0.29) is 18.2 Å². The molecule has 8 nitrogen and oxygen atoms in total. The minimum absolute atomic E-state index is 0.0834. The summed E-state index contributed by atoms with van der Waals surface area (Å²) in [7, 11) is 0. The highest BCUT2D eigenvalue weighted by Gasteiger charge is 2.13. The van der Waals surface area contributed by atoms with Crippen molar-refractivity contribution in [3.63, 3.8) is 0 Å². The van der Waals surface area contributed by atoms with Crippen LogP contribution in [0.15, 0.2) is 59.3 Å². The molecular weight excluding hydrogens is 454 g/mol. The number of aromatic nitrogens is 3. The van der Waals surface area contributed by atoms with Crippen LogP contribution in [0.3, 0.4) is 0 Å². The van der Waals surface area contributed by atoms with Gasteiger partial charge in [-0.25, -0.2) is 0 Å². The second-order valence-electron chi connectivity index (χ2n) is 7.85. The summed E-state index contributed by atoms with van der Waals surface area (Å²) in [5, 5.41) is 8.46. The maximum absolute atomic E-state index is 12.5. The van der Waals surface area contributed by atoms with Crippen molar-refractivity contribution in [3.05, 3.63) is 65.6 Å². The third kappa shape index (κ3) is 5.46. The van der Waals surface area contributed by atoms with Gasteiger partial charge in [0.2, 0.25) is 23.5 Å². The van der Waals surface area contributed by atoms with Gasteiger partial charge in [0.25, 0.3) is 0 Å². The van der Waals surface area contributed by atoms with E-state index in [9.17, 15) is 9.59 Å². The van der Waals surface area contributed by atoms with Crippen molar-refractivity contribution in [1.82, 2.24) is 19.6 Å². The van der Waals surface area contributed by atoms with Gasteiger partial charge in [-0.1, -0.05) is 16.8 Å². The van der Waals surface area contributed by atoms with E-state index in [1.807, 2.05) is 65.9 Å². The summed E-state index contributed by atoms with van der Waals surface area (Å²) in [5.41, 5.74) is 2.43. The van der Waals surface area contributed by atoms with Crippen LogP contribution in [-0.4, -0.2) is 44.5 Å². The first-order valence-electron chi connectivity index (χ1n) is 11.2. The fourth-order valence-electron chi connectivity index (χ4n) is 3.75. The average Bonchev–Trinajstić information content (AvgIpc) is 3.46. The number of fused-ring (bicyclic) bond motifs is 1. The number of amides is 2. The van der Waals surface area contributed by atoms with Gasteiger partial charge in [0, 0.05) is 59.3 Å². The average molecular weight is 480 g/mol. The standard InChI is InChI=1S/C25H26ClN5O3/c1-3-30(4-2)24(33)16-31-14-13-18-15-20(9-10-21(18)31)27-22(32)11-12-23-28-25(29-34-23)17-5-7-19(26)8-6-17/h5-10,13-15H,3-4,11-12,16H2,1-2H3,(H,27,32). The number of nitrogens with zero attached hydrogens (tertiary/aromatic N) is 4. The number of likely N-dealkylation sites (N-methyl/N-ethyl adjacent to an activating group) is 1. The Hall–Kier alpha value is -3.65. The van der Waals surface area contributed by atoms with Crippen LogP contribution >= 0.6 is 11.6 Å². The fourth-order valence-corrected chi connectivity index (χ4v) is 3.88. The van der Waals surface area contributed by atoms with Crippen LogP contribution in [0.4, 0.5) is 5.69 Å². The minimum Gasteiger partial charge on any atom is -0.342 e. The summed E-state index contributed by atoms with van der Waals surface area (Å²) in [5.74, 6) is 0.786. The van der Waals surface area contributed by atoms with E-state index in [2.05, 4.69) is 15.5 Å². The lowest BCUT2D eigenvalue weighted by molar-refractivity contribution is -0.131. The lowest BCUT2D eigenvalue weighted by atomic mass is 10.2. The summed E-state index contributed by atoms with van der Waals surface area (Å²) >= 11 is 5.91. The molecule has 0 fully saturated rings. The van der Waals surface area contributed by atoms with Gasteiger partial charge in [-0.3, -0.25) is 9.59 Å². The summed E-state index contributed by atoms with van der Waals surface area (Å²) in [6, 6.07) is 14.7. The highest BCUT2D eigenvalue weighted by Crippen LogP contribution is 2.22. The second kappa shape index (κ2) is 10.5. The largest absolute Gasteiger partial charge is 0.342 e. The number of aryl methyl sites for hydroxylation is 1. The lowest BCUT2D eigenvalue weighted by Gasteiger charge is -2.19. The molecule has 0 spiro atoms. The Labute approximate surface area is 202 Å². The molecule has 1 N–H and O–H groups in total. The first-order valence-corrected chi connectivity index (χ1v) is 11.6. The molecule has 0 saturated heterocycles. The van der Waals surface area contributed by atoms with Crippen LogP contribution in [0, 0.1) is 0 Å². The number of hydrogen-bond donors (Lipinski definition) is 1. The van der Waals surface area contributed by atoms with Crippen molar-refractivity contribution in [2.75, 3.05) is 18.4 Å². The SMILES string of the molecule is CCN(CC)C(=O)Cn1ccc2cc(NC(=O)CCc3nc(-c4ccc(Cl)cc4)no3)ccc21. The smallest absolute Gasteiger partial charge is 0.242 e. The van der Waals surface area contributed by atoms with Gasteiger partial charge < -0.3 is 19.3 Å². The van der Waals surface area contributed by atoms with Gasteiger partial charge in [-0.15, -0.1) is 0 Å². The van der Waals surface area contributed by atoms with Gasteiger partial charge in [0.15, 0.2) is 0 Å². The Morgan fingerprint density at radius 1 is 1.09 bits per heavy atom. The van der Waals surface area contributed by atoms with Crippen LogP contribution in [-0.2, 0) is 22.6 Å². The fraction of sp³-hybridized carbons (Fsp3) is 0.280. The van der Waals surface area contributed by atoms with Gasteiger partial charge in [0.1, 0.15) is 6.54 Å². The molecule has 0 saturated carbocycles. The molecule has 2 aromatic heterocycles. The van der Waals surface area contributed by atoms with Crippen molar-refractivity contribution in [3.8, 4) is 11.4 Å². The molecule has 9 heteroatoms. The highest BCUT2D eigenvalue weighted by molar-refractivity contribution is 6.30. The Morgan fingerprint density at radius 2 is 1.85 bits per heavy atom. The van der Waals surface area contributed by atoms with Crippen LogP contribution in [0.2, 0.25) is 5.02 Å². The number of benzene rings is 2. The third-order valence-electron chi connectivity index (χ3n) is 5.61. The summed E-state index contributed by atoms with van der Waals surface area (Å²) in [6.07, 6.45) is 2.43. The topological polar surface area (TPSA) is 93.3 Å². The van der Waals surface area contributed by atoms with Gasteiger partial charge in [-0.2, -0.15) is 4.98 Å². The molecule has 2 heterocycles. The van der Waals surface area contributed by atoms with E-state index >= 15 is 0 Å². The van der Waals surface area contributed by atoms with E-state index < -0.39 is 0 Å². The lowest BCUT2D eigenvalue weighted by Crippen LogP contribution is -2.33. The Balaban J connectivity index is 1.34. The van der Waals surface area contributed by atoms with Gasteiger partial charge in [0.05, 0.1) is 0 Å². The Kier molecular flexibility index (Phi) is 7.27. The zero-order valence-corrected chi connectivity index (χ0v) is 19.9. The number of anilines is 1. The van der Waals surface area contributed by atoms with E-state index in [0.717, 1.165) is 16.5 Å². The molecule has 2 aromatic carbocycles. The zero-order chi connectivity index (χ0) is 24.1. The van der Waals surface area contributed by atoms with Gasteiger partial charge in [-0.05, 0) is 62.4 Å². The molecule has 4 aromatic rings. The normalized spacial score (nSPS) is 11.0. The zero-order valence-electron chi connectivity index (χ0n) is 19.1. The highest BCUT2D eigenvalue weighted by atomic mass is 35.5. The van der Waals surface area contributed by atoms with Gasteiger partial charge >= 0.3 is 0 Å². The molecule has 0 aliphatic carbocycles. The van der Waals surface area contributed by atoms with Crippen molar-refractivity contribution in [2.45, 2.75) is 33.2 Å². The van der Waals surface area contributed by atoms with Crippen molar-refractivity contribution in [2.24, 2.45) is 0 Å². The number of nitrogens with one attached hydrogen (secondary N) is 1. The molecule has 4 rings (SSSR count). The molecule has 0 radical (unpaired) electrons.